The van der Waals surface area contributed by atoms with Crippen LogP contribution < -0.4 is 10.6 Å². The van der Waals surface area contributed by atoms with E-state index in [-0.39, 0.29) is 0 Å². The molecule has 0 spiro atoms. The van der Waals surface area contributed by atoms with Crippen LogP contribution in [-0.4, -0.2) is 24.2 Å². The van der Waals surface area contributed by atoms with Gasteiger partial charge in [-0.3, -0.25) is 0 Å². The number of rotatable bonds is 2. The fourth-order valence-corrected chi connectivity index (χ4v) is 4.92. The van der Waals surface area contributed by atoms with Crippen molar-refractivity contribution >= 4 is 0 Å². The molecule has 0 unspecified atom stereocenters. The summed E-state index contributed by atoms with van der Waals surface area (Å²) < 4.78 is 0. The Kier molecular flexibility index (Phi) is 3.12. The summed E-state index contributed by atoms with van der Waals surface area (Å²) >= 11 is 0. The van der Waals surface area contributed by atoms with Crippen LogP contribution in [0.25, 0.3) is 0 Å². The first-order valence-electron chi connectivity index (χ1n) is 8.32. The van der Waals surface area contributed by atoms with Gasteiger partial charge in [0.25, 0.3) is 0 Å². The predicted octanol–water partition coefficient (Wildman–Crippen LogP) is 2.88. The van der Waals surface area contributed by atoms with Crippen LogP contribution in [0, 0.1) is 5.41 Å². The van der Waals surface area contributed by atoms with Crippen molar-refractivity contribution in [2.24, 2.45) is 5.41 Å². The Labute approximate surface area is 122 Å². The molecule has 0 radical (unpaired) electrons. The molecule has 2 saturated heterocycles. The van der Waals surface area contributed by atoms with Gasteiger partial charge in [-0.2, -0.15) is 0 Å². The quantitative estimate of drug-likeness (QED) is 0.863. The number of benzene rings is 1. The third-order valence-corrected chi connectivity index (χ3v) is 6.10. The molecule has 1 aromatic carbocycles. The number of piperidine rings is 1. The van der Waals surface area contributed by atoms with E-state index in [4.69, 9.17) is 0 Å². The molecule has 0 aromatic heterocycles. The summed E-state index contributed by atoms with van der Waals surface area (Å²) in [6.07, 6.45) is 8.08. The SMILES string of the molecule is C[C@@]12C[C@H]3N[C@@H]1CCCC[C@H]2N[C@@H]3Cc1ccccc1. The Morgan fingerprint density at radius 1 is 1.05 bits per heavy atom. The lowest BCUT2D eigenvalue weighted by atomic mass is 9.70. The van der Waals surface area contributed by atoms with Gasteiger partial charge in [-0.15, -0.1) is 0 Å². The van der Waals surface area contributed by atoms with E-state index in [1.54, 1.807) is 0 Å². The summed E-state index contributed by atoms with van der Waals surface area (Å²) in [6.45, 7) is 2.52. The van der Waals surface area contributed by atoms with Gasteiger partial charge in [-0.05, 0) is 36.7 Å². The highest BCUT2D eigenvalue weighted by molar-refractivity contribution is 5.20. The Balaban J connectivity index is 1.56. The van der Waals surface area contributed by atoms with Crippen LogP contribution in [0.4, 0.5) is 0 Å². The minimum Gasteiger partial charge on any atom is -0.309 e. The maximum atomic E-state index is 4.01. The molecule has 2 nitrogen and oxygen atoms in total. The second-order valence-electron chi connectivity index (χ2n) is 7.34. The molecule has 3 aliphatic rings. The van der Waals surface area contributed by atoms with E-state index in [1.807, 2.05) is 0 Å². The van der Waals surface area contributed by atoms with Crippen LogP contribution in [0.2, 0.25) is 0 Å². The zero-order valence-electron chi connectivity index (χ0n) is 12.4. The maximum Gasteiger partial charge on any atom is 0.0264 e. The Bertz CT molecular complexity index is 472. The lowest BCUT2D eigenvalue weighted by molar-refractivity contribution is 0.144. The van der Waals surface area contributed by atoms with E-state index in [2.05, 4.69) is 47.9 Å². The molecule has 2 heterocycles. The van der Waals surface area contributed by atoms with E-state index >= 15 is 0 Å². The standard InChI is InChI=1S/C18H26N2/c1-18-12-15-14(11-13-7-3-2-4-8-13)19-16(18)9-5-6-10-17(18)20-15/h2-4,7-8,14-17,19-20H,5-6,9-12H2,1H3/t14-,15-,16-,17-,18+/m1/s1. The lowest BCUT2D eigenvalue weighted by Crippen LogP contribution is -2.57. The molecule has 2 aliphatic heterocycles. The molecule has 1 aromatic rings. The summed E-state index contributed by atoms with van der Waals surface area (Å²) in [6, 6.07) is 13.7. The fourth-order valence-electron chi connectivity index (χ4n) is 4.92. The van der Waals surface area contributed by atoms with Crippen molar-refractivity contribution in [2.75, 3.05) is 0 Å². The summed E-state index contributed by atoms with van der Waals surface area (Å²) in [5.41, 5.74) is 1.96. The van der Waals surface area contributed by atoms with Crippen LogP contribution in [0.3, 0.4) is 0 Å². The molecule has 2 bridgehead atoms. The molecular weight excluding hydrogens is 244 g/mol. The third-order valence-electron chi connectivity index (χ3n) is 6.10. The van der Waals surface area contributed by atoms with Crippen molar-refractivity contribution in [3.63, 3.8) is 0 Å². The molecule has 20 heavy (non-hydrogen) atoms. The lowest BCUT2D eigenvalue weighted by Gasteiger charge is -2.43. The van der Waals surface area contributed by atoms with Crippen LogP contribution in [-0.2, 0) is 6.42 Å². The second-order valence-corrected chi connectivity index (χ2v) is 7.34. The molecule has 1 aliphatic carbocycles. The minimum atomic E-state index is 0.494. The minimum absolute atomic E-state index is 0.494. The number of fused-ring (bicyclic) bond motifs is 1. The van der Waals surface area contributed by atoms with Gasteiger partial charge in [0, 0.05) is 24.2 Å². The zero-order chi connectivity index (χ0) is 13.6. The van der Waals surface area contributed by atoms with Gasteiger partial charge < -0.3 is 10.6 Å². The highest BCUT2D eigenvalue weighted by Gasteiger charge is 2.54. The van der Waals surface area contributed by atoms with Crippen molar-refractivity contribution in [1.82, 2.24) is 10.6 Å². The van der Waals surface area contributed by atoms with E-state index in [1.165, 1.54) is 37.7 Å². The number of hydrogen-bond donors (Lipinski definition) is 2. The van der Waals surface area contributed by atoms with Crippen LogP contribution in [0.5, 0.6) is 0 Å². The predicted molar refractivity (Wildman–Crippen MR) is 82.8 cm³/mol. The van der Waals surface area contributed by atoms with Gasteiger partial charge in [0.15, 0.2) is 0 Å². The van der Waals surface area contributed by atoms with Gasteiger partial charge in [0.1, 0.15) is 0 Å². The Morgan fingerprint density at radius 2 is 1.75 bits per heavy atom. The van der Waals surface area contributed by atoms with E-state index in [0.29, 0.717) is 17.5 Å². The normalized spacial score (nSPS) is 43.2. The maximum absolute atomic E-state index is 4.01. The molecule has 3 fully saturated rings. The molecule has 5 atom stereocenters. The van der Waals surface area contributed by atoms with E-state index < -0.39 is 0 Å². The first-order chi connectivity index (χ1) is 9.75. The smallest absolute Gasteiger partial charge is 0.0264 e. The molecule has 0 amide bonds. The van der Waals surface area contributed by atoms with Crippen LogP contribution in [0.15, 0.2) is 30.3 Å². The van der Waals surface area contributed by atoms with E-state index in [0.717, 1.165) is 18.5 Å². The summed E-state index contributed by atoms with van der Waals surface area (Å²) in [4.78, 5) is 0. The van der Waals surface area contributed by atoms with Crippen molar-refractivity contribution < 1.29 is 0 Å². The second kappa shape index (κ2) is 4.85. The Hall–Kier alpha value is -0.860. The van der Waals surface area contributed by atoms with Gasteiger partial charge in [-0.25, -0.2) is 0 Å². The molecule has 108 valence electrons. The number of hydrogen-bond acceptors (Lipinski definition) is 2. The Morgan fingerprint density at radius 3 is 2.50 bits per heavy atom. The monoisotopic (exact) mass is 270 g/mol. The molecule has 1 saturated carbocycles. The highest BCUT2D eigenvalue weighted by Crippen LogP contribution is 2.47. The van der Waals surface area contributed by atoms with Crippen LogP contribution >= 0.6 is 0 Å². The fraction of sp³-hybridized carbons (Fsp3) is 0.667. The molecule has 2 heteroatoms. The van der Waals surface area contributed by atoms with Crippen LogP contribution in [0.1, 0.15) is 44.6 Å². The zero-order valence-corrected chi connectivity index (χ0v) is 12.4. The third kappa shape index (κ3) is 2.01. The van der Waals surface area contributed by atoms with Crippen molar-refractivity contribution in [1.29, 1.82) is 0 Å². The molecule has 4 rings (SSSR count). The summed E-state index contributed by atoms with van der Waals surface area (Å²) in [5.74, 6) is 0. The average Bonchev–Trinajstić information content (AvgIpc) is 2.67. The van der Waals surface area contributed by atoms with E-state index in [9.17, 15) is 0 Å². The molecule has 2 N–H and O–H groups in total. The van der Waals surface area contributed by atoms with Gasteiger partial charge in [0.05, 0.1) is 0 Å². The van der Waals surface area contributed by atoms with Crippen molar-refractivity contribution in [3.05, 3.63) is 35.9 Å². The molecular formula is C18H26N2. The highest BCUT2D eigenvalue weighted by atomic mass is 15.2. The van der Waals surface area contributed by atoms with Crippen molar-refractivity contribution in [3.8, 4) is 0 Å². The summed E-state index contributed by atoms with van der Waals surface area (Å²) in [5, 5.41) is 7.99. The van der Waals surface area contributed by atoms with Gasteiger partial charge in [0.2, 0.25) is 0 Å². The average molecular weight is 270 g/mol. The largest absolute Gasteiger partial charge is 0.309 e. The topological polar surface area (TPSA) is 24.1 Å². The summed E-state index contributed by atoms with van der Waals surface area (Å²) in [7, 11) is 0. The van der Waals surface area contributed by atoms with Crippen molar-refractivity contribution in [2.45, 2.75) is 69.6 Å². The van der Waals surface area contributed by atoms with Gasteiger partial charge in [-0.1, -0.05) is 50.1 Å². The first kappa shape index (κ1) is 12.8. The number of nitrogens with one attached hydrogen (secondary N) is 2. The first-order valence-corrected chi connectivity index (χ1v) is 8.32. The van der Waals surface area contributed by atoms with Gasteiger partial charge >= 0.3 is 0 Å².